The number of rotatable bonds is 9. The Bertz CT molecular complexity index is 1410. The van der Waals surface area contributed by atoms with Crippen LogP contribution < -0.4 is 15.1 Å². The summed E-state index contributed by atoms with van der Waals surface area (Å²) in [6, 6.07) is 8.91. The lowest BCUT2D eigenvalue weighted by Crippen LogP contribution is -2.12. The quantitative estimate of drug-likeness (QED) is 0.347. The van der Waals surface area contributed by atoms with E-state index in [-0.39, 0.29) is 25.5 Å². The van der Waals surface area contributed by atoms with Gasteiger partial charge < -0.3 is 24.1 Å². The minimum atomic E-state index is -1.36. The van der Waals surface area contributed by atoms with Crippen molar-refractivity contribution in [3.63, 3.8) is 0 Å². The Labute approximate surface area is 191 Å². The van der Waals surface area contributed by atoms with Crippen LogP contribution in [0.2, 0.25) is 0 Å². The number of aromatic nitrogens is 4. The number of hydrogen-bond donors (Lipinski definition) is 2. The highest BCUT2D eigenvalue weighted by atomic mass is 16.5. The number of nitrogens with zero attached hydrogens (tertiary/aromatic N) is 4. The third-order valence-electron chi connectivity index (χ3n) is 4.72. The fourth-order valence-electron chi connectivity index (χ4n) is 3.13. The van der Waals surface area contributed by atoms with Gasteiger partial charge in [0, 0.05) is 29.7 Å². The Morgan fingerprint density at radius 3 is 2.47 bits per heavy atom. The molecule has 4 aromatic rings. The lowest BCUT2D eigenvalue weighted by Gasteiger charge is -2.08. The van der Waals surface area contributed by atoms with E-state index < -0.39 is 29.0 Å². The third-order valence-corrected chi connectivity index (χ3v) is 4.72. The van der Waals surface area contributed by atoms with Crippen LogP contribution in [0.1, 0.15) is 32.2 Å². The minimum Gasteiger partial charge on any atom is -0.491 e. The zero-order valence-electron chi connectivity index (χ0n) is 17.8. The third kappa shape index (κ3) is 5.18. The highest BCUT2D eigenvalue weighted by Crippen LogP contribution is 2.22. The van der Waals surface area contributed by atoms with E-state index in [9.17, 15) is 14.4 Å². The molecule has 0 aliphatic heterocycles. The second-order valence-corrected chi connectivity index (χ2v) is 7.20. The second-order valence-electron chi connectivity index (χ2n) is 7.20. The van der Waals surface area contributed by atoms with E-state index in [1.54, 1.807) is 18.3 Å². The van der Waals surface area contributed by atoms with Crippen molar-refractivity contribution in [2.45, 2.75) is 20.1 Å². The first-order chi connectivity index (χ1) is 16.3. The van der Waals surface area contributed by atoms with Crippen molar-refractivity contribution in [1.29, 1.82) is 0 Å². The van der Waals surface area contributed by atoms with Gasteiger partial charge in [-0.2, -0.15) is 0 Å². The van der Waals surface area contributed by atoms with Gasteiger partial charge in [0.1, 0.15) is 36.0 Å². The molecule has 0 amide bonds. The Balaban J connectivity index is 1.35. The summed E-state index contributed by atoms with van der Waals surface area (Å²) in [5.41, 5.74) is 0.481. The van der Waals surface area contributed by atoms with E-state index in [0.717, 1.165) is 23.1 Å². The van der Waals surface area contributed by atoms with Crippen molar-refractivity contribution in [2.75, 3.05) is 6.61 Å². The summed E-state index contributed by atoms with van der Waals surface area (Å²) in [6.07, 6.45) is 1.65. The molecule has 0 aliphatic carbocycles. The van der Waals surface area contributed by atoms with Crippen LogP contribution in [-0.2, 0) is 13.2 Å². The second kappa shape index (κ2) is 9.40. The number of benzene rings is 1. The van der Waals surface area contributed by atoms with Gasteiger partial charge in [-0.25, -0.2) is 24.0 Å². The molecule has 0 unspecified atom stereocenters. The molecule has 0 bridgehead atoms. The number of fused-ring (bicyclic) bond motifs is 1. The summed E-state index contributed by atoms with van der Waals surface area (Å²) >= 11 is 0. The zero-order valence-corrected chi connectivity index (χ0v) is 17.8. The van der Waals surface area contributed by atoms with Gasteiger partial charge >= 0.3 is 17.6 Å². The van der Waals surface area contributed by atoms with Crippen LogP contribution in [0.15, 0.2) is 51.8 Å². The Kier molecular flexibility index (Phi) is 6.21. The Morgan fingerprint density at radius 1 is 1.03 bits per heavy atom. The zero-order chi connectivity index (χ0) is 24.2. The molecule has 12 heteroatoms. The van der Waals surface area contributed by atoms with Crippen LogP contribution in [-0.4, -0.2) is 48.7 Å². The van der Waals surface area contributed by atoms with E-state index in [1.807, 2.05) is 13.0 Å². The average molecular weight is 466 g/mol. The number of carboxylic acid groups (broad SMARTS) is 2. The SMILES string of the molecule is Cc1cc(=O)oc2cc(OCc3cn(CCOc4cc(C(=O)O)nc(C(=O)O)c4)nn3)ccc12. The molecule has 3 aromatic heterocycles. The van der Waals surface area contributed by atoms with Crippen LogP contribution in [0.25, 0.3) is 11.0 Å². The number of aryl methyl sites for hydroxylation is 1. The van der Waals surface area contributed by atoms with Crippen molar-refractivity contribution in [3.05, 3.63) is 75.7 Å². The number of carboxylic acids is 2. The van der Waals surface area contributed by atoms with E-state index in [2.05, 4.69) is 15.3 Å². The molecule has 0 saturated carbocycles. The first-order valence-corrected chi connectivity index (χ1v) is 9.96. The maximum atomic E-state index is 11.6. The number of pyridine rings is 1. The fourth-order valence-corrected chi connectivity index (χ4v) is 3.13. The number of ether oxygens (including phenoxy) is 2. The monoisotopic (exact) mass is 466 g/mol. The van der Waals surface area contributed by atoms with Gasteiger partial charge in [-0.1, -0.05) is 5.21 Å². The first kappa shape index (κ1) is 22.5. The van der Waals surface area contributed by atoms with E-state index in [4.69, 9.17) is 24.1 Å². The van der Waals surface area contributed by atoms with Crippen LogP contribution in [0.4, 0.5) is 0 Å². The summed E-state index contributed by atoms with van der Waals surface area (Å²) in [4.78, 5) is 37.3. The molecular formula is C22H18N4O8. The van der Waals surface area contributed by atoms with Crippen molar-refractivity contribution < 1.29 is 33.7 Å². The van der Waals surface area contributed by atoms with Crippen LogP contribution >= 0.6 is 0 Å². The molecule has 4 rings (SSSR count). The lowest BCUT2D eigenvalue weighted by atomic mass is 10.1. The molecule has 3 heterocycles. The molecule has 2 N–H and O–H groups in total. The average Bonchev–Trinajstić information content (AvgIpc) is 3.24. The van der Waals surface area contributed by atoms with E-state index in [1.165, 1.54) is 10.7 Å². The van der Waals surface area contributed by atoms with Crippen molar-refractivity contribution in [1.82, 2.24) is 20.0 Å². The summed E-state index contributed by atoms with van der Waals surface area (Å²) in [6.45, 7) is 2.29. The molecule has 0 radical (unpaired) electrons. The molecular weight excluding hydrogens is 448 g/mol. The molecule has 0 saturated heterocycles. The molecule has 34 heavy (non-hydrogen) atoms. The first-order valence-electron chi connectivity index (χ1n) is 9.96. The molecule has 0 atom stereocenters. The summed E-state index contributed by atoms with van der Waals surface area (Å²) in [5.74, 6) is -2.16. The highest BCUT2D eigenvalue weighted by Gasteiger charge is 2.14. The predicted molar refractivity (Wildman–Crippen MR) is 115 cm³/mol. The predicted octanol–water partition coefficient (Wildman–Crippen LogP) is 2.14. The molecule has 12 nitrogen and oxygen atoms in total. The van der Waals surface area contributed by atoms with Crippen molar-refractivity contribution in [3.8, 4) is 11.5 Å². The number of carbonyl (C=O) groups is 2. The summed E-state index contributed by atoms with van der Waals surface area (Å²) in [5, 5.41) is 26.9. The smallest absolute Gasteiger partial charge is 0.354 e. The lowest BCUT2D eigenvalue weighted by molar-refractivity contribution is 0.0683. The fraction of sp³-hybridized carbons (Fsp3) is 0.182. The van der Waals surface area contributed by atoms with Crippen LogP contribution in [0.5, 0.6) is 11.5 Å². The molecule has 0 fully saturated rings. The summed E-state index contributed by atoms with van der Waals surface area (Å²) in [7, 11) is 0. The van der Waals surface area contributed by atoms with Gasteiger partial charge in [0.25, 0.3) is 0 Å². The largest absolute Gasteiger partial charge is 0.491 e. The normalized spacial score (nSPS) is 10.9. The van der Waals surface area contributed by atoms with Crippen molar-refractivity contribution >= 4 is 22.9 Å². The Morgan fingerprint density at radius 2 is 1.76 bits per heavy atom. The standard InChI is InChI=1S/C22H18N4O8/c1-12-6-20(27)34-19-9-14(2-3-16(12)19)33-11-13-10-26(25-24-13)4-5-32-15-7-17(21(28)29)23-18(8-15)22(30)31/h2-3,6-10H,4-5,11H2,1H3,(H,28,29)(H,30,31). The van der Waals surface area contributed by atoms with E-state index in [0.29, 0.717) is 17.0 Å². The summed E-state index contributed by atoms with van der Waals surface area (Å²) < 4.78 is 17.9. The van der Waals surface area contributed by atoms with Crippen LogP contribution in [0, 0.1) is 6.92 Å². The Hall–Kier alpha value is -4.74. The molecule has 0 spiro atoms. The maximum Gasteiger partial charge on any atom is 0.354 e. The van der Waals surface area contributed by atoms with Crippen molar-refractivity contribution in [2.24, 2.45) is 0 Å². The van der Waals surface area contributed by atoms with Gasteiger partial charge in [0.2, 0.25) is 0 Å². The molecule has 0 aliphatic rings. The number of hydrogen-bond acceptors (Lipinski definition) is 9. The van der Waals surface area contributed by atoms with Gasteiger partial charge in [0.15, 0.2) is 11.4 Å². The molecule has 174 valence electrons. The van der Waals surface area contributed by atoms with Gasteiger partial charge in [-0.05, 0) is 24.6 Å². The van der Waals surface area contributed by atoms with Gasteiger partial charge in [-0.3, -0.25) is 0 Å². The highest BCUT2D eigenvalue weighted by molar-refractivity contribution is 5.90. The van der Waals surface area contributed by atoms with E-state index >= 15 is 0 Å². The molecule has 1 aromatic carbocycles. The van der Waals surface area contributed by atoms with Gasteiger partial charge in [-0.15, -0.1) is 5.10 Å². The number of aromatic carboxylic acids is 2. The topological polar surface area (TPSA) is 167 Å². The maximum absolute atomic E-state index is 11.6. The minimum absolute atomic E-state index is 0.0617. The van der Waals surface area contributed by atoms with Crippen LogP contribution in [0.3, 0.4) is 0 Å². The van der Waals surface area contributed by atoms with Gasteiger partial charge in [0.05, 0.1) is 12.7 Å².